The summed E-state index contributed by atoms with van der Waals surface area (Å²) < 4.78 is 106. The van der Waals surface area contributed by atoms with Crippen molar-refractivity contribution in [2.75, 3.05) is 7.11 Å². The lowest BCUT2D eigenvalue weighted by Crippen LogP contribution is -2.29. The zero-order valence-electron chi connectivity index (χ0n) is 30.5. The van der Waals surface area contributed by atoms with Gasteiger partial charge >= 0.3 is 15.6 Å². The fourth-order valence-corrected chi connectivity index (χ4v) is 9.37. The van der Waals surface area contributed by atoms with Crippen LogP contribution in [0.1, 0.15) is 83.1 Å². The van der Waals surface area contributed by atoms with Crippen molar-refractivity contribution < 1.29 is 48.9 Å². The first-order chi connectivity index (χ1) is 22.1. The van der Waals surface area contributed by atoms with Crippen LogP contribution in [-0.4, -0.2) is 43.4 Å². The van der Waals surface area contributed by atoms with Crippen LogP contribution in [0.2, 0.25) is 0 Å². The number of hydrogen-bond acceptors (Lipinski definition) is 8. The Bertz CT molecular complexity index is 1650. The molecule has 0 fully saturated rings. The fraction of sp³-hybridized carbons (Fsp3) is 0.500. The SMILES string of the molecule is COc1ccccc1S(OS(=O)(=O)C(F)(F)F)(c1ccc(OC(C)(C)C)c(OC(C)(C)C)c1)c1ccc(OC(C)(C)C)c(OC(C)(C)C)c1. The number of alkyl halides is 3. The highest BCUT2D eigenvalue weighted by Gasteiger charge is 2.53. The molecule has 0 aliphatic carbocycles. The van der Waals surface area contributed by atoms with E-state index in [-0.39, 0.29) is 31.9 Å². The molecule has 13 heteroatoms. The molecule has 0 bridgehead atoms. The quantitative estimate of drug-likeness (QED) is 0.191. The van der Waals surface area contributed by atoms with Gasteiger partial charge in [-0.05, 0) is 142 Å². The van der Waals surface area contributed by atoms with Crippen LogP contribution < -0.4 is 23.7 Å². The van der Waals surface area contributed by atoms with Crippen LogP contribution in [0.4, 0.5) is 13.2 Å². The first kappa shape index (κ1) is 40.1. The Hall–Kier alpha value is -3.29. The van der Waals surface area contributed by atoms with Gasteiger partial charge in [-0.25, -0.2) is 0 Å². The minimum atomic E-state index is -6.26. The van der Waals surface area contributed by atoms with E-state index in [2.05, 4.69) is 0 Å². The first-order valence-corrected chi connectivity index (χ1v) is 18.6. The summed E-state index contributed by atoms with van der Waals surface area (Å²) in [6, 6.07) is 15.1. The lowest BCUT2D eigenvalue weighted by Gasteiger charge is -2.41. The fourth-order valence-electron chi connectivity index (χ4n) is 4.52. The summed E-state index contributed by atoms with van der Waals surface area (Å²) >= 11 is 0. The van der Waals surface area contributed by atoms with E-state index in [0.29, 0.717) is 11.5 Å². The third kappa shape index (κ3) is 10.4. The van der Waals surface area contributed by atoms with E-state index >= 15 is 0 Å². The zero-order valence-corrected chi connectivity index (χ0v) is 32.1. The summed E-state index contributed by atoms with van der Waals surface area (Å²) in [6.45, 7) is 21.8. The van der Waals surface area contributed by atoms with Gasteiger partial charge in [0.15, 0.2) is 23.0 Å². The summed E-state index contributed by atoms with van der Waals surface area (Å²) in [6.07, 6.45) is 0. The highest BCUT2D eigenvalue weighted by molar-refractivity contribution is 8.33. The summed E-state index contributed by atoms with van der Waals surface area (Å²) in [4.78, 5) is 0.149. The van der Waals surface area contributed by atoms with Crippen LogP contribution in [0.15, 0.2) is 75.4 Å². The molecule has 0 saturated heterocycles. The summed E-state index contributed by atoms with van der Waals surface area (Å²) in [5.74, 6) is 1.02. The zero-order chi connectivity index (χ0) is 37.4. The molecule has 3 aromatic carbocycles. The van der Waals surface area contributed by atoms with Gasteiger partial charge < -0.3 is 23.7 Å². The molecular weight excluding hydrogens is 682 g/mol. The molecule has 274 valence electrons. The largest absolute Gasteiger partial charge is 0.524 e. The maximum Gasteiger partial charge on any atom is 0.524 e. The predicted octanol–water partition coefficient (Wildman–Crippen LogP) is 10.5. The molecule has 0 spiro atoms. The van der Waals surface area contributed by atoms with Gasteiger partial charge in [-0.2, -0.15) is 25.2 Å². The van der Waals surface area contributed by atoms with Gasteiger partial charge in [-0.3, -0.25) is 0 Å². The maximum absolute atomic E-state index is 14.4. The van der Waals surface area contributed by atoms with Crippen LogP contribution in [0, 0.1) is 0 Å². The van der Waals surface area contributed by atoms with Crippen molar-refractivity contribution in [1.29, 1.82) is 0 Å². The summed E-state index contributed by atoms with van der Waals surface area (Å²) in [7, 11) is -8.82. The number of benzene rings is 3. The highest BCUT2D eigenvalue weighted by atomic mass is 32.3. The topological polar surface area (TPSA) is 89.5 Å². The number of para-hydroxylation sites is 1. The van der Waals surface area contributed by atoms with Crippen LogP contribution in [0.25, 0.3) is 0 Å². The number of ether oxygens (including phenoxy) is 5. The van der Waals surface area contributed by atoms with Crippen LogP contribution in [0.5, 0.6) is 28.7 Å². The summed E-state index contributed by atoms with van der Waals surface area (Å²) in [5.41, 5.74) is -8.69. The highest BCUT2D eigenvalue weighted by Crippen LogP contribution is 2.73. The molecule has 0 aliphatic heterocycles. The van der Waals surface area contributed by atoms with Crippen LogP contribution >= 0.6 is 10.3 Å². The second-order valence-electron chi connectivity index (χ2n) is 15.2. The average molecular weight is 731 g/mol. The van der Waals surface area contributed by atoms with E-state index in [1.807, 2.05) is 41.5 Å². The molecule has 0 radical (unpaired) electrons. The number of methoxy groups -OCH3 is 1. The van der Waals surface area contributed by atoms with Crippen molar-refractivity contribution in [3.05, 3.63) is 60.7 Å². The van der Waals surface area contributed by atoms with Crippen LogP contribution in [0.3, 0.4) is 0 Å². The lowest BCUT2D eigenvalue weighted by molar-refractivity contribution is -0.0496. The van der Waals surface area contributed by atoms with E-state index in [1.54, 1.807) is 53.7 Å². The van der Waals surface area contributed by atoms with Crippen LogP contribution in [-0.2, 0) is 13.7 Å². The van der Waals surface area contributed by atoms with Gasteiger partial charge in [-0.15, -0.1) is 0 Å². The average Bonchev–Trinajstić information content (AvgIpc) is 2.90. The van der Waals surface area contributed by atoms with Crippen molar-refractivity contribution in [2.24, 2.45) is 0 Å². The van der Waals surface area contributed by atoms with Gasteiger partial charge in [0.2, 0.25) is 0 Å². The Morgan fingerprint density at radius 1 is 0.510 bits per heavy atom. The third-order valence-electron chi connectivity index (χ3n) is 6.01. The molecule has 8 nitrogen and oxygen atoms in total. The van der Waals surface area contributed by atoms with Crippen molar-refractivity contribution in [3.8, 4) is 28.7 Å². The second-order valence-corrected chi connectivity index (χ2v) is 19.7. The summed E-state index contributed by atoms with van der Waals surface area (Å²) in [5, 5.41) is 0. The molecule has 0 aromatic heterocycles. The standard InChI is InChI=1S/C36H49F3O8S2/c1-32(2,3)43-26-20-18-24(22-29(26)45-34(7,8)9)48(47-49(40,41)36(37,38)39,31-17-15-14-16-28(31)42-13)25-19-21-27(44-33(4,5)6)30(23-25)46-35(10,11)12/h14-23H,1-13H3. The van der Waals surface area contributed by atoms with Crippen molar-refractivity contribution in [2.45, 2.75) is 126 Å². The van der Waals surface area contributed by atoms with Gasteiger partial charge in [0.05, 0.1) is 12.0 Å². The van der Waals surface area contributed by atoms with Gasteiger partial charge in [0, 0.05) is 9.79 Å². The van der Waals surface area contributed by atoms with Gasteiger partial charge in [-0.1, -0.05) is 12.1 Å². The normalized spacial score (nSPS) is 13.9. The molecule has 0 aliphatic rings. The maximum atomic E-state index is 14.4. The Morgan fingerprint density at radius 2 is 0.878 bits per heavy atom. The smallest absolute Gasteiger partial charge is 0.496 e. The molecule has 0 heterocycles. The molecule has 3 aromatic rings. The predicted molar refractivity (Wildman–Crippen MR) is 186 cm³/mol. The second kappa shape index (κ2) is 13.8. The number of rotatable bonds is 10. The van der Waals surface area contributed by atoms with Crippen molar-refractivity contribution in [3.63, 3.8) is 0 Å². The Balaban J connectivity index is 2.63. The van der Waals surface area contributed by atoms with Gasteiger partial charge in [0.1, 0.15) is 28.2 Å². The number of hydrogen-bond donors (Lipinski definition) is 0. The third-order valence-corrected chi connectivity index (χ3v) is 10.9. The minimum Gasteiger partial charge on any atom is -0.496 e. The Morgan fingerprint density at radius 3 is 1.22 bits per heavy atom. The molecule has 0 atom stereocenters. The van der Waals surface area contributed by atoms with E-state index in [4.69, 9.17) is 27.3 Å². The number of halogens is 3. The van der Waals surface area contributed by atoms with E-state index in [1.165, 1.54) is 55.6 Å². The molecule has 0 amide bonds. The molecule has 0 unspecified atom stereocenters. The van der Waals surface area contributed by atoms with E-state index < -0.39 is 48.3 Å². The molecule has 0 saturated carbocycles. The molecule has 0 N–H and O–H groups in total. The Kier molecular flexibility index (Phi) is 11.3. The minimum absolute atomic E-state index is 0.0442. The van der Waals surface area contributed by atoms with Crippen molar-refractivity contribution in [1.82, 2.24) is 0 Å². The van der Waals surface area contributed by atoms with E-state index in [0.717, 1.165) is 0 Å². The molecular formula is C36H49F3O8S2. The molecule has 3 rings (SSSR count). The lowest BCUT2D eigenvalue weighted by atomic mass is 10.1. The van der Waals surface area contributed by atoms with Crippen molar-refractivity contribution >= 4 is 20.4 Å². The van der Waals surface area contributed by atoms with Gasteiger partial charge in [0.25, 0.3) is 0 Å². The van der Waals surface area contributed by atoms with E-state index in [9.17, 15) is 21.6 Å². The Labute approximate surface area is 290 Å². The first-order valence-electron chi connectivity index (χ1n) is 15.6. The molecule has 49 heavy (non-hydrogen) atoms. The monoisotopic (exact) mass is 730 g/mol.